The number of ether oxygens (including phenoxy) is 3. The van der Waals surface area contributed by atoms with Crippen LogP contribution < -0.4 is 10.1 Å². The van der Waals surface area contributed by atoms with Gasteiger partial charge in [0.2, 0.25) is 0 Å². The predicted molar refractivity (Wildman–Crippen MR) is 159 cm³/mol. The van der Waals surface area contributed by atoms with Crippen molar-refractivity contribution in [2.45, 2.75) is 33.6 Å². The minimum absolute atomic E-state index is 0.0877. The number of para-hydroxylation sites is 1. The first-order chi connectivity index (χ1) is 18.9. The summed E-state index contributed by atoms with van der Waals surface area (Å²) in [4.78, 5) is 12.2. The monoisotopic (exact) mass is 569 g/mol. The summed E-state index contributed by atoms with van der Waals surface area (Å²) in [6.07, 6.45) is 2.17. The lowest BCUT2D eigenvalue weighted by Gasteiger charge is -2.15. The van der Waals surface area contributed by atoms with Crippen molar-refractivity contribution in [1.82, 2.24) is 0 Å². The van der Waals surface area contributed by atoms with Crippen molar-refractivity contribution in [3.63, 3.8) is 0 Å². The fourth-order valence-corrected chi connectivity index (χ4v) is 4.11. The second kappa shape index (κ2) is 15.2. The van der Waals surface area contributed by atoms with E-state index in [2.05, 4.69) is 12.2 Å². The molecule has 2 N–H and O–H groups in total. The molecule has 0 unspecified atom stereocenters. The molecule has 0 atom stereocenters. The van der Waals surface area contributed by atoms with Crippen LogP contribution in [0, 0.1) is 6.92 Å². The number of hydrogen-bond acceptors (Lipinski definition) is 6. The Morgan fingerprint density at radius 1 is 0.923 bits per heavy atom. The van der Waals surface area contributed by atoms with E-state index >= 15 is 0 Å². The highest BCUT2D eigenvalue weighted by molar-refractivity contribution is 6.39. The Morgan fingerprint density at radius 3 is 2.38 bits per heavy atom. The van der Waals surface area contributed by atoms with Gasteiger partial charge in [-0.3, -0.25) is 0 Å². The standard InChI is InChI=1S/C17H17Cl2NO3.C14H16O2/c1-3-22-10-23-17(21)12-6-4-5-7-14(12)20-16-13(18)9-8-11(2)15(16)19;1-2-3-10-16-14-9-8-13(15)11-6-4-5-7-12(11)14/h4-9,20H,3,10H2,1-2H3;4-9,15H,2-3,10H2,1H3. The van der Waals surface area contributed by atoms with Crippen LogP contribution >= 0.6 is 23.2 Å². The number of halogens is 2. The first-order valence-electron chi connectivity index (χ1n) is 12.8. The molecule has 4 aromatic rings. The number of esters is 1. The molecule has 0 aliphatic rings. The van der Waals surface area contributed by atoms with Gasteiger partial charge in [0, 0.05) is 17.4 Å². The van der Waals surface area contributed by atoms with Crippen molar-refractivity contribution in [2.75, 3.05) is 25.3 Å². The Bertz CT molecular complexity index is 1390. The molecule has 0 spiro atoms. The van der Waals surface area contributed by atoms with Crippen molar-refractivity contribution in [3.8, 4) is 11.5 Å². The number of carbonyl (C=O) groups is 1. The van der Waals surface area contributed by atoms with Crippen molar-refractivity contribution < 1.29 is 24.1 Å². The summed E-state index contributed by atoms with van der Waals surface area (Å²) in [5.41, 5.74) is 2.37. The summed E-state index contributed by atoms with van der Waals surface area (Å²) in [7, 11) is 0. The fraction of sp³-hybridized carbons (Fsp3) is 0.258. The molecule has 0 radical (unpaired) electrons. The van der Waals surface area contributed by atoms with Crippen LogP contribution in [0.25, 0.3) is 10.8 Å². The Balaban J connectivity index is 0.000000230. The number of rotatable bonds is 10. The van der Waals surface area contributed by atoms with E-state index in [1.165, 1.54) is 0 Å². The summed E-state index contributed by atoms with van der Waals surface area (Å²) in [6, 6.07) is 21.8. The zero-order valence-electron chi connectivity index (χ0n) is 22.3. The average molecular weight is 571 g/mol. The van der Waals surface area contributed by atoms with Crippen LogP contribution in [0.15, 0.2) is 72.8 Å². The summed E-state index contributed by atoms with van der Waals surface area (Å²) in [5.74, 6) is 0.668. The molecule has 0 saturated heterocycles. The van der Waals surface area contributed by atoms with Gasteiger partial charge in [-0.1, -0.05) is 79.0 Å². The molecule has 0 aliphatic carbocycles. The quantitative estimate of drug-likeness (QED) is 0.113. The maximum Gasteiger partial charge on any atom is 0.342 e. The van der Waals surface area contributed by atoms with E-state index in [-0.39, 0.29) is 6.79 Å². The molecule has 0 fully saturated rings. The average Bonchev–Trinajstić information content (AvgIpc) is 2.95. The van der Waals surface area contributed by atoms with Crippen molar-refractivity contribution in [2.24, 2.45) is 0 Å². The Kier molecular flexibility index (Phi) is 11.7. The third kappa shape index (κ3) is 8.27. The van der Waals surface area contributed by atoms with E-state index in [1.54, 1.807) is 36.4 Å². The van der Waals surface area contributed by atoms with E-state index in [1.807, 2.05) is 50.2 Å². The highest BCUT2D eigenvalue weighted by Gasteiger charge is 2.15. The first kappa shape index (κ1) is 30.1. The Hall–Kier alpha value is -3.45. The van der Waals surface area contributed by atoms with Crippen LogP contribution in [0.2, 0.25) is 10.0 Å². The normalized spacial score (nSPS) is 10.5. The van der Waals surface area contributed by atoms with E-state index in [0.717, 1.165) is 41.5 Å². The van der Waals surface area contributed by atoms with Crippen LogP contribution in [-0.4, -0.2) is 31.1 Å². The van der Waals surface area contributed by atoms with E-state index in [4.69, 9.17) is 37.4 Å². The highest BCUT2D eigenvalue weighted by Crippen LogP contribution is 2.36. The lowest BCUT2D eigenvalue weighted by molar-refractivity contribution is -0.0273. The van der Waals surface area contributed by atoms with E-state index < -0.39 is 5.97 Å². The molecule has 0 saturated carbocycles. The number of fused-ring (bicyclic) bond motifs is 1. The third-order valence-electron chi connectivity index (χ3n) is 5.78. The van der Waals surface area contributed by atoms with Gasteiger partial charge in [-0.05, 0) is 56.2 Å². The number of hydrogen-bond donors (Lipinski definition) is 2. The number of phenolic OH excluding ortho intramolecular Hbond substituents is 1. The van der Waals surface area contributed by atoms with E-state index in [9.17, 15) is 9.90 Å². The second-order valence-corrected chi connectivity index (χ2v) is 9.38. The number of aryl methyl sites for hydroxylation is 1. The van der Waals surface area contributed by atoms with Crippen LogP contribution in [0.4, 0.5) is 11.4 Å². The molecular formula is C31H33Cl2NO5. The van der Waals surface area contributed by atoms with Gasteiger partial charge in [0.05, 0.1) is 33.6 Å². The molecule has 39 heavy (non-hydrogen) atoms. The Morgan fingerprint density at radius 2 is 1.64 bits per heavy atom. The molecule has 0 amide bonds. The summed E-state index contributed by atoms with van der Waals surface area (Å²) in [5, 5.41) is 15.6. The van der Waals surface area contributed by atoms with Gasteiger partial charge < -0.3 is 24.6 Å². The van der Waals surface area contributed by atoms with Gasteiger partial charge in [0.1, 0.15) is 11.5 Å². The molecular weight excluding hydrogens is 537 g/mol. The van der Waals surface area contributed by atoms with Crippen molar-refractivity contribution in [1.29, 1.82) is 0 Å². The van der Waals surface area contributed by atoms with Gasteiger partial charge in [0.25, 0.3) is 0 Å². The Labute approximate surface area is 239 Å². The summed E-state index contributed by atoms with van der Waals surface area (Å²) < 4.78 is 15.8. The van der Waals surface area contributed by atoms with Gasteiger partial charge >= 0.3 is 5.97 Å². The molecule has 0 heterocycles. The SMILES string of the molecule is CCCCOc1ccc(O)c2ccccc12.CCOCOC(=O)c1ccccc1Nc1c(Cl)ccc(C)c1Cl. The zero-order chi connectivity index (χ0) is 28.2. The summed E-state index contributed by atoms with van der Waals surface area (Å²) in [6.45, 7) is 6.96. The minimum Gasteiger partial charge on any atom is -0.507 e. The largest absolute Gasteiger partial charge is 0.507 e. The van der Waals surface area contributed by atoms with Crippen molar-refractivity contribution >= 4 is 51.3 Å². The highest BCUT2D eigenvalue weighted by atomic mass is 35.5. The number of aromatic hydroxyl groups is 1. The fourth-order valence-electron chi connectivity index (χ4n) is 3.64. The van der Waals surface area contributed by atoms with Crippen LogP contribution in [0.1, 0.15) is 42.6 Å². The third-order valence-corrected chi connectivity index (χ3v) is 6.59. The number of nitrogens with one attached hydrogen (secondary N) is 1. The first-order valence-corrected chi connectivity index (χ1v) is 13.5. The maximum absolute atomic E-state index is 12.2. The van der Waals surface area contributed by atoms with Gasteiger partial charge in [-0.15, -0.1) is 0 Å². The number of carbonyl (C=O) groups excluding carboxylic acids is 1. The lowest BCUT2D eigenvalue weighted by Crippen LogP contribution is -2.11. The van der Waals surface area contributed by atoms with Crippen molar-refractivity contribution in [3.05, 3.63) is 94.0 Å². The topological polar surface area (TPSA) is 77.0 Å². The number of anilines is 2. The molecule has 0 bridgehead atoms. The number of benzene rings is 4. The van der Waals surface area contributed by atoms with Crippen LogP contribution in [0.5, 0.6) is 11.5 Å². The van der Waals surface area contributed by atoms with Gasteiger partial charge in [0.15, 0.2) is 6.79 Å². The molecule has 0 aromatic heterocycles. The molecule has 8 heteroatoms. The second-order valence-electron chi connectivity index (χ2n) is 8.60. The molecule has 4 aromatic carbocycles. The molecule has 4 rings (SSSR count). The molecule has 6 nitrogen and oxygen atoms in total. The van der Waals surface area contributed by atoms with Crippen LogP contribution in [-0.2, 0) is 9.47 Å². The van der Waals surface area contributed by atoms with Crippen LogP contribution in [0.3, 0.4) is 0 Å². The number of phenols is 1. The molecule has 0 aliphatic heterocycles. The predicted octanol–water partition coefficient (Wildman–Crippen LogP) is 8.92. The van der Waals surface area contributed by atoms with E-state index in [0.29, 0.717) is 39.3 Å². The number of unbranched alkanes of at least 4 members (excludes halogenated alkanes) is 1. The van der Waals surface area contributed by atoms with Gasteiger partial charge in [-0.25, -0.2) is 4.79 Å². The summed E-state index contributed by atoms with van der Waals surface area (Å²) >= 11 is 12.5. The maximum atomic E-state index is 12.2. The zero-order valence-corrected chi connectivity index (χ0v) is 23.8. The minimum atomic E-state index is -0.485. The molecule has 206 valence electrons. The van der Waals surface area contributed by atoms with Gasteiger partial charge in [-0.2, -0.15) is 0 Å². The lowest BCUT2D eigenvalue weighted by atomic mass is 10.1. The smallest absolute Gasteiger partial charge is 0.342 e.